The van der Waals surface area contributed by atoms with Gasteiger partial charge in [0.25, 0.3) is 0 Å². The molecular formula is C23H29ClN6O3S. The maximum atomic E-state index is 13.4. The Morgan fingerprint density at radius 3 is 2.76 bits per heavy atom. The van der Waals surface area contributed by atoms with E-state index in [1.807, 2.05) is 17.9 Å². The summed E-state index contributed by atoms with van der Waals surface area (Å²) in [6.45, 7) is 3.00. The quantitative estimate of drug-likeness (QED) is 0.411. The Morgan fingerprint density at radius 2 is 2.06 bits per heavy atom. The van der Waals surface area contributed by atoms with Gasteiger partial charge in [-0.15, -0.1) is 0 Å². The molecule has 0 spiro atoms. The van der Waals surface area contributed by atoms with E-state index in [4.69, 9.17) is 11.6 Å². The van der Waals surface area contributed by atoms with Crippen molar-refractivity contribution in [1.82, 2.24) is 19.3 Å². The number of benzene rings is 1. The van der Waals surface area contributed by atoms with Crippen molar-refractivity contribution >= 4 is 38.6 Å². The lowest BCUT2D eigenvalue weighted by Crippen LogP contribution is -2.59. The van der Waals surface area contributed by atoms with Crippen molar-refractivity contribution in [3.05, 3.63) is 47.4 Å². The number of sulfonamides is 1. The van der Waals surface area contributed by atoms with E-state index < -0.39 is 10.0 Å². The number of hydrogen-bond donors (Lipinski definition) is 3. The minimum atomic E-state index is -3.82. The van der Waals surface area contributed by atoms with Gasteiger partial charge in [0.1, 0.15) is 10.4 Å². The maximum Gasteiger partial charge on any atom is 0.243 e. The first-order chi connectivity index (χ1) is 16.3. The van der Waals surface area contributed by atoms with Gasteiger partial charge in [-0.05, 0) is 56.4 Å². The molecule has 1 unspecified atom stereocenters. The predicted octanol–water partition coefficient (Wildman–Crippen LogP) is 2.82. The molecule has 5 rings (SSSR count). The van der Waals surface area contributed by atoms with Crippen LogP contribution in [0.4, 0.5) is 11.5 Å². The second kappa shape index (κ2) is 9.33. The zero-order valence-electron chi connectivity index (χ0n) is 19.0. The van der Waals surface area contributed by atoms with Crippen LogP contribution in [0.1, 0.15) is 31.4 Å². The van der Waals surface area contributed by atoms with Crippen LogP contribution in [-0.4, -0.2) is 59.9 Å². The van der Waals surface area contributed by atoms with E-state index in [-0.39, 0.29) is 23.6 Å². The molecule has 2 aliphatic rings. The minimum Gasteiger partial charge on any atom is -0.396 e. The monoisotopic (exact) mass is 504 g/mol. The molecule has 11 heteroatoms. The van der Waals surface area contributed by atoms with E-state index in [0.29, 0.717) is 36.1 Å². The van der Waals surface area contributed by atoms with Crippen LogP contribution in [0.2, 0.25) is 5.02 Å². The smallest absolute Gasteiger partial charge is 0.243 e. The number of nitrogens with one attached hydrogen (secondary N) is 2. The number of nitrogens with zero attached hydrogens (tertiary/aromatic N) is 4. The molecule has 3 aromatic rings. The molecule has 9 nitrogen and oxygen atoms in total. The van der Waals surface area contributed by atoms with Crippen molar-refractivity contribution in [3.63, 3.8) is 0 Å². The van der Waals surface area contributed by atoms with Crippen LogP contribution in [0.3, 0.4) is 0 Å². The highest BCUT2D eigenvalue weighted by atomic mass is 35.5. The van der Waals surface area contributed by atoms with Crippen LogP contribution in [0.15, 0.2) is 41.6 Å². The highest BCUT2D eigenvalue weighted by molar-refractivity contribution is 7.89. The molecule has 1 saturated heterocycles. The highest BCUT2D eigenvalue weighted by Gasteiger charge is 2.34. The number of aliphatic hydroxyl groups excluding tert-OH is 1. The first-order valence-corrected chi connectivity index (χ1v) is 13.5. The zero-order valence-corrected chi connectivity index (χ0v) is 20.6. The van der Waals surface area contributed by atoms with Crippen molar-refractivity contribution in [2.45, 2.75) is 49.6 Å². The van der Waals surface area contributed by atoms with Crippen LogP contribution < -0.4 is 14.9 Å². The fraction of sp³-hybridized carbons (Fsp3) is 0.478. The summed E-state index contributed by atoms with van der Waals surface area (Å²) in [5, 5.41) is 17.6. The van der Waals surface area contributed by atoms with E-state index in [2.05, 4.69) is 20.1 Å². The van der Waals surface area contributed by atoms with Crippen LogP contribution in [0.5, 0.6) is 0 Å². The van der Waals surface area contributed by atoms with E-state index in [1.165, 1.54) is 12.5 Å². The lowest BCUT2D eigenvalue weighted by Gasteiger charge is -2.40. The van der Waals surface area contributed by atoms with E-state index >= 15 is 0 Å². The third kappa shape index (κ3) is 4.59. The Morgan fingerprint density at radius 1 is 1.26 bits per heavy atom. The van der Waals surface area contributed by atoms with E-state index in [1.54, 1.807) is 29.0 Å². The molecule has 34 heavy (non-hydrogen) atoms. The number of fused-ring (bicyclic) bond motifs is 1. The molecule has 0 radical (unpaired) electrons. The Balaban J connectivity index is 1.31. The van der Waals surface area contributed by atoms with Gasteiger partial charge in [0.15, 0.2) is 5.82 Å². The summed E-state index contributed by atoms with van der Waals surface area (Å²) in [6.07, 6.45) is 7.40. The number of halogens is 1. The molecule has 1 atom stereocenters. The van der Waals surface area contributed by atoms with Crippen LogP contribution >= 0.6 is 11.6 Å². The highest BCUT2D eigenvalue weighted by Crippen LogP contribution is 2.35. The lowest BCUT2D eigenvalue weighted by molar-refractivity contribution is 0.218. The van der Waals surface area contributed by atoms with Crippen LogP contribution in [0, 0.1) is 12.8 Å². The predicted molar refractivity (Wildman–Crippen MR) is 132 cm³/mol. The fourth-order valence-corrected chi connectivity index (χ4v) is 6.38. The first kappa shape index (κ1) is 23.3. The van der Waals surface area contributed by atoms with Crippen molar-refractivity contribution in [1.29, 1.82) is 0 Å². The number of anilines is 2. The molecule has 0 bridgehead atoms. The second-order valence-corrected chi connectivity index (χ2v) is 11.3. The van der Waals surface area contributed by atoms with Crippen LogP contribution in [-0.2, 0) is 10.0 Å². The third-order valence-corrected chi connectivity index (χ3v) is 8.52. The summed E-state index contributed by atoms with van der Waals surface area (Å²) in [6, 6.07) is 6.62. The van der Waals surface area contributed by atoms with Gasteiger partial charge < -0.3 is 15.3 Å². The number of aryl methyl sites for hydroxylation is 1. The van der Waals surface area contributed by atoms with Crippen molar-refractivity contribution in [2.24, 2.45) is 5.92 Å². The number of aromatic nitrogens is 3. The molecule has 182 valence electrons. The van der Waals surface area contributed by atoms with Crippen LogP contribution in [0.25, 0.3) is 5.52 Å². The van der Waals surface area contributed by atoms with Gasteiger partial charge in [0, 0.05) is 43.2 Å². The molecule has 0 amide bonds. The topological polar surface area (TPSA) is 112 Å². The van der Waals surface area contributed by atoms with Crippen molar-refractivity contribution in [2.75, 3.05) is 29.9 Å². The number of rotatable bonds is 9. The number of aliphatic hydroxyl groups is 1. The van der Waals surface area contributed by atoms with Gasteiger partial charge >= 0.3 is 0 Å². The average Bonchev–Trinajstić information content (AvgIpc) is 3.11. The minimum absolute atomic E-state index is 0.0266. The molecule has 1 aliphatic carbocycles. The molecule has 1 aliphatic heterocycles. The zero-order chi connectivity index (χ0) is 23.9. The molecule has 3 N–H and O–H groups in total. The SMILES string of the molecule is Cc1cc2c(N3CC(NS(=O)(=O)c4cc(Cl)ccc4NC(CCO)C4CCC4)C3)nccn2n1. The summed E-state index contributed by atoms with van der Waals surface area (Å²) in [5.74, 6) is 1.23. The Hall–Kier alpha value is -2.40. The summed E-state index contributed by atoms with van der Waals surface area (Å²) in [5.41, 5.74) is 2.31. The Kier molecular flexibility index (Phi) is 6.41. The first-order valence-electron chi connectivity index (χ1n) is 11.6. The third-order valence-electron chi connectivity index (χ3n) is 6.73. The number of hydrogen-bond acceptors (Lipinski definition) is 7. The summed E-state index contributed by atoms with van der Waals surface area (Å²) in [7, 11) is -3.82. The van der Waals surface area contributed by atoms with E-state index in [9.17, 15) is 13.5 Å². The van der Waals surface area contributed by atoms with Gasteiger partial charge in [0.05, 0.1) is 17.4 Å². The van der Waals surface area contributed by atoms with Gasteiger partial charge in [0.2, 0.25) is 10.0 Å². The molecular weight excluding hydrogens is 476 g/mol. The Bertz CT molecular complexity index is 1290. The maximum absolute atomic E-state index is 13.4. The van der Waals surface area contributed by atoms with Gasteiger partial charge in [-0.25, -0.2) is 22.6 Å². The molecule has 3 heterocycles. The van der Waals surface area contributed by atoms with Gasteiger partial charge in [-0.1, -0.05) is 18.0 Å². The molecule has 2 fully saturated rings. The van der Waals surface area contributed by atoms with Crippen molar-refractivity contribution in [3.8, 4) is 0 Å². The average molecular weight is 505 g/mol. The molecule has 1 aromatic carbocycles. The molecule has 1 saturated carbocycles. The normalized spacial score (nSPS) is 18.0. The van der Waals surface area contributed by atoms with Gasteiger partial charge in [-0.3, -0.25) is 0 Å². The summed E-state index contributed by atoms with van der Waals surface area (Å²) in [4.78, 5) is 6.65. The van der Waals surface area contributed by atoms with Gasteiger partial charge in [-0.2, -0.15) is 5.10 Å². The lowest BCUT2D eigenvalue weighted by atomic mass is 9.78. The summed E-state index contributed by atoms with van der Waals surface area (Å²) < 4.78 is 31.3. The standard InChI is InChI=1S/C23H29ClN6O3S/c1-15-11-21-23(25-8-9-30(21)27-15)29-13-18(14-29)28-34(32,33)22-12-17(24)5-6-20(22)26-19(7-10-31)16-3-2-4-16/h5-6,8-9,11-12,16,18-19,26,28,31H,2-4,7,10,13-14H2,1H3. The van der Waals surface area contributed by atoms with E-state index in [0.717, 1.165) is 29.9 Å². The van der Waals surface area contributed by atoms with Crippen molar-refractivity contribution < 1.29 is 13.5 Å². The summed E-state index contributed by atoms with van der Waals surface area (Å²) >= 11 is 6.18. The second-order valence-electron chi connectivity index (χ2n) is 9.18. The molecule has 2 aromatic heterocycles. The fourth-order valence-electron chi connectivity index (χ4n) is 4.73. The largest absolute Gasteiger partial charge is 0.396 e. The Labute approximate surface area is 204 Å².